The molecular formula is C20H26N2O5. The average molecular weight is 374 g/mol. The Labute approximate surface area is 158 Å². The maximum Gasteiger partial charge on any atom is 0.321 e. The topological polar surface area (TPSA) is 96.9 Å². The Hall–Kier alpha value is -2.38. The Balaban J connectivity index is 1.44. The van der Waals surface area contributed by atoms with Crippen LogP contribution in [0.4, 0.5) is 4.79 Å². The average Bonchev–Trinajstić information content (AvgIpc) is 3.32. The SMILES string of the molecule is CCO/C=C/C(=O)NC(=O)N[C@H]1C[C@H](O)[C@@]2(COCc3ccccc3)C[C@H]12. The normalized spacial score (nSPS) is 28.6. The number of aliphatic hydroxyl groups is 1. The molecule has 2 aliphatic rings. The summed E-state index contributed by atoms with van der Waals surface area (Å²) in [7, 11) is 0. The summed E-state index contributed by atoms with van der Waals surface area (Å²) in [6, 6.07) is 9.15. The first-order valence-electron chi connectivity index (χ1n) is 9.24. The fourth-order valence-corrected chi connectivity index (χ4v) is 3.84. The Kier molecular flexibility index (Phi) is 6.13. The van der Waals surface area contributed by atoms with Gasteiger partial charge in [0.05, 0.1) is 32.2 Å². The van der Waals surface area contributed by atoms with Gasteiger partial charge in [-0.1, -0.05) is 30.3 Å². The van der Waals surface area contributed by atoms with Crippen molar-refractivity contribution in [2.75, 3.05) is 13.2 Å². The minimum absolute atomic E-state index is 0.163. The van der Waals surface area contributed by atoms with Crippen molar-refractivity contribution in [3.05, 3.63) is 48.2 Å². The van der Waals surface area contributed by atoms with Crippen molar-refractivity contribution in [2.24, 2.45) is 11.3 Å². The van der Waals surface area contributed by atoms with E-state index in [-0.39, 0.29) is 17.4 Å². The van der Waals surface area contributed by atoms with Gasteiger partial charge in [-0.3, -0.25) is 10.1 Å². The van der Waals surface area contributed by atoms with Gasteiger partial charge in [0, 0.05) is 17.5 Å². The molecule has 7 nitrogen and oxygen atoms in total. The van der Waals surface area contributed by atoms with Crippen LogP contribution in [-0.2, 0) is 20.9 Å². The van der Waals surface area contributed by atoms with E-state index in [1.165, 1.54) is 6.26 Å². The number of hydrogen-bond acceptors (Lipinski definition) is 5. The van der Waals surface area contributed by atoms with Crippen molar-refractivity contribution in [1.29, 1.82) is 0 Å². The zero-order valence-electron chi connectivity index (χ0n) is 15.4. The first-order valence-corrected chi connectivity index (χ1v) is 9.24. The summed E-state index contributed by atoms with van der Waals surface area (Å²) in [4.78, 5) is 23.6. The second-order valence-corrected chi connectivity index (χ2v) is 7.10. The van der Waals surface area contributed by atoms with Crippen molar-refractivity contribution in [2.45, 2.75) is 38.5 Å². The highest BCUT2D eigenvalue weighted by Crippen LogP contribution is 2.63. The van der Waals surface area contributed by atoms with Crippen LogP contribution in [0, 0.1) is 11.3 Å². The highest BCUT2D eigenvalue weighted by molar-refractivity contribution is 6.00. The highest BCUT2D eigenvalue weighted by Gasteiger charge is 2.67. The zero-order chi connectivity index (χ0) is 19.3. The Bertz CT molecular complexity index is 693. The molecule has 146 valence electrons. The van der Waals surface area contributed by atoms with Crippen LogP contribution in [0.2, 0.25) is 0 Å². The molecule has 27 heavy (non-hydrogen) atoms. The molecule has 0 spiro atoms. The summed E-state index contributed by atoms with van der Waals surface area (Å²) in [6.07, 6.45) is 3.17. The number of carbonyl (C=O) groups excluding carboxylic acids is 2. The fourth-order valence-electron chi connectivity index (χ4n) is 3.84. The largest absolute Gasteiger partial charge is 0.501 e. The molecule has 0 radical (unpaired) electrons. The summed E-state index contributed by atoms with van der Waals surface area (Å²) in [5.74, 6) is -0.379. The highest BCUT2D eigenvalue weighted by atomic mass is 16.5. The molecule has 3 rings (SSSR count). The monoisotopic (exact) mass is 374 g/mol. The summed E-state index contributed by atoms with van der Waals surface area (Å²) < 4.78 is 10.7. The van der Waals surface area contributed by atoms with E-state index in [9.17, 15) is 14.7 Å². The Morgan fingerprint density at radius 2 is 2.11 bits per heavy atom. The molecule has 1 aromatic carbocycles. The lowest BCUT2D eigenvalue weighted by Gasteiger charge is -2.18. The predicted molar refractivity (Wildman–Crippen MR) is 98.5 cm³/mol. The number of aliphatic hydroxyl groups excluding tert-OH is 1. The van der Waals surface area contributed by atoms with Crippen molar-refractivity contribution in [3.63, 3.8) is 0 Å². The molecule has 0 aliphatic heterocycles. The summed E-state index contributed by atoms with van der Waals surface area (Å²) >= 11 is 0. The van der Waals surface area contributed by atoms with Crippen molar-refractivity contribution >= 4 is 11.9 Å². The van der Waals surface area contributed by atoms with Crippen LogP contribution >= 0.6 is 0 Å². The predicted octanol–water partition coefficient (Wildman–Crippen LogP) is 1.72. The van der Waals surface area contributed by atoms with E-state index < -0.39 is 18.0 Å². The third-order valence-corrected chi connectivity index (χ3v) is 5.32. The smallest absolute Gasteiger partial charge is 0.321 e. The summed E-state index contributed by atoms with van der Waals surface area (Å²) in [5, 5.41) is 15.5. The molecule has 0 aromatic heterocycles. The molecule has 0 bridgehead atoms. The molecule has 0 unspecified atom stereocenters. The zero-order valence-corrected chi connectivity index (χ0v) is 15.4. The van der Waals surface area contributed by atoms with E-state index in [0.717, 1.165) is 18.1 Å². The Morgan fingerprint density at radius 3 is 2.81 bits per heavy atom. The van der Waals surface area contributed by atoms with Gasteiger partial charge in [0.15, 0.2) is 0 Å². The lowest BCUT2D eigenvalue weighted by molar-refractivity contribution is -0.115. The van der Waals surface area contributed by atoms with Gasteiger partial charge in [-0.25, -0.2) is 4.79 Å². The molecule has 2 saturated carbocycles. The molecule has 3 amide bonds. The van der Waals surface area contributed by atoms with Gasteiger partial charge in [0.2, 0.25) is 0 Å². The maximum atomic E-state index is 12.0. The Morgan fingerprint density at radius 1 is 1.33 bits per heavy atom. The van der Waals surface area contributed by atoms with Crippen molar-refractivity contribution < 1.29 is 24.2 Å². The quantitative estimate of drug-likeness (QED) is 0.476. The van der Waals surface area contributed by atoms with Gasteiger partial charge < -0.3 is 19.9 Å². The van der Waals surface area contributed by atoms with Crippen LogP contribution in [0.25, 0.3) is 0 Å². The number of nitrogens with one attached hydrogen (secondary N) is 2. The number of urea groups is 1. The third kappa shape index (κ3) is 4.67. The first-order chi connectivity index (χ1) is 13.0. The number of fused-ring (bicyclic) bond motifs is 1. The summed E-state index contributed by atoms with van der Waals surface area (Å²) in [5.41, 5.74) is 0.803. The third-order valence-electron chi connectivity index (χ3n) is 5.32. The van der Waals surface area contributed by atoms with Crippen LogP contribution < -0.4 is 10.6 Å². The van der Waals surface area contributed by atoms with Crippen LogP contribution in [0.5, 0.6) is 0 Å². The van der Waals surface area contributed by atoms with E-state index in [0.29, 0.717) is 26.2 Å². The van der Waals surface area contributed by atoms with Crippen LogP contribution in [0.1, 0.15) is 25.3 Å². The van der Waals surface area contributed by atoms with Crippen LogP contribution in [0.3, 0.4) is 0 Å². The van der Waals surface area contributed by atoms with Gasteiger partial charge >= 0.3 is 6.03 Å². The number of ether oxygens (including phenoxy) is 2. The van der Waals surface area contributed by atoms with Crippen LogP contribution in [-0.4, -0.2) is 42.4 Å². The number of carbonyl (C=O) groups is 2. The number of amides is 3. The standard InChI is InChI=1S/C20H26N2O5/c1-2-26-9-8-18(24)22-19(25)21-16-10-17(23)20(11-15(16)20)13-27-12-14-6-4-3-5-7-14/h3-9,15-17,23H,2,10-13H2,1H3,(H2,21,22,24,25)/b9-8+/t15-,16+,17+,20-/m1/s1. The summed E-state index contributed by atoms with van der Waals surface area (Å²) in [6.45, 7) is 3.21. The van der Waals surface area contributed by atoms with Crippen molar-refractivity contribution in [3.8, 4) is 0 Å². The number of hydrogen-bond donors (Lipinski definition) is 3. The number of rotatable bonds is 8. The molecule has 3 N–H and O–H groups in total. The minimum Gasteiger partial charge on any atom is -0.501 e. The van der Waals surface area contributed by atoms with Gasteiger partial charge in [0.1, 0.15) is 0 Å². The van der Waals surface area contributed by atoms with Crippen molar-refractivity contribution in [1.82, 2.24) is 10.6 Å². The lowest BCUT2D eigenvalue weighted by Crippen LogP contribution is -2.44. The molecular weight excluding hydrogens is 348 g/mol. The number of imide groups is 1. The fraction of sp³-hybridized carbons (Fsp3) is 0.500. The minimum atomic E-state index is -0.564. The van der Waals surface area contributed by atoms with Gasteiger partial charge in [-0.05, 0) is 31.2 Å². The van der Waals surface area contributed by atoms with Gasteiger partial charge in [0.25, 0.3) is 5.91 Å². The van der Waals surface area contributed by atoms with E-state index in [4.69, 9.17) is 9.47 Å². The van der Waals surface area contributed by atoms with Gasteiger partial charge in [-0.15, -0.1) is 0 Å². The maximum absolute atomic E-state index is 12.0. The first kappa shape index (κ1) is 19.4. The van der Waals surface area contributed by atoms with Crippen LogP contribution in [0.15, 0.2) is 42.7 Å². The van der Waals surface area contributed by atoms with Gasteiger partial charge in [-0.2, -0.15) is 0 Å². The van der Waals surface area contributed by atoms with E-state index in [2.05, 4.69) is 10.6 Å². The molecule has 2 fully saturated rings. The van der Waals surface area contributed by atoms with E-state index in [1.54, 1.807) is 6.92 Å². The van der Waals surface area contributed by atoms with E-state index >= 15 is 0 Å². The number of benzene rings is 1. The van der Waals surface area contributed by atoms with E-state index in [1.807, 2.05) is 30.3 Å². The molecule has 0 saturated heterocycles. The second-order valence-electron chi connectivity index (χ2n) is 7.10. The lowest BCUT2D eigenvalue weighted by atomic mass is 10.0. The molecule has 2 aliphatic carbocycles. The molecule has 7 heteroatoms. The second kappa shape index (κ2) is 8.54. The molecule has 0 heterocycles. The molecule has 4 atom stereocenters. The molecule has 1 aromatic rings.